The summed E-state index contributed by atoms with van der Waals surface area (Å²) >= 11 is 6.38. The van der Waals surface area contributed by atoms with Crippen LogP contribution in [0, 0.1) is 6.92 Å². The molecule has 3 nitrogen and oxygen atoms in total. The van der Waals surface area contributed by atoms with Gasteiger partial charge in [0, 0.05) is 5.56 Å². The Morgan fingerprint density at radius 3 is 2.55 bits per heavy atom. The van der Waals surface area contributed by atoms with Crippen molar-refractivity contribution < 1.29 is 8.83 Å². The highest BCUT2D eigenvalue weighted by atomic mass is 35.5. The fraction of sp³-hybridized carbons (Fsp3) is 0.0556. The molecule has 108 valence electrons. The first-order valence-electron chi connectivity index (χ1n) is 6.86. The maximum Gasteiger partial charge on any atom is 0.349 e. The average molecular weight is 311 g/mol. The van der Waals surface area contributed by atoms with Crippen LogP contribution in [0.2, 0.25) is 5.02 Å². The number of hydrogen-bond acceptors (Lipinski definition) is 3. The van der Waals surface area contributed by atoms with E-state index in [0.29, 0.717) is 27.3 Å². The molecule has 0 atom stereocenters. The first-order chi connectivity index (χ1) is 10.6. The zero-order valence-corrected chi connectivity index (χ0v) is 12.5. The molecule has 0 aliphatic rings. The SMILES string of the molecule is Cc1ccc2oc(=O)c3c(Cl)c(-c4ccccc4)oc3c2c1. The number of fused-ring (bicyclic) bond motifs is 3. The number of aryl methyl sites for hydroxylation is 1. The van der Waals surface area contributed by atoms with Crippen LogP contribution >= 0.6 is 11.6 Å². The predicted molar refractivity (Wildman–Crippen MR) is 87.4 cm³/mol. The van der Waals surface area contributed by atoms with Crippen LogP contribution in [0.25, 0.3) is 33.3 Å². The molecule has 0 radical (unpaired) electrons. The Morgan fingerprint density at radius 1 is 1.00 bits per heavy atom. The fourth-order valence-electron chi connectivity index (χ4n) is 2.62. The van der Waals surface area contributed by atoms with Crippen LogP contribution in [0.3, 0.4) is 0 Å². The summed E-state index contributed by atoms with van der Waals surface area (Å²) in [6, 6.07) is 15.1. The van der Waals surface area contributed by atoms with E-state index in [1.54, 1.807) is 6.07 Å². The van der Waals surface area contributed by atoms with Crippen molar-refractivity contribution in [3.63, 3.8) is 0 Å². The number of hydrogen-bond donors (Lipinski definition) is 0. The summed E-state index contributed by atoms with van der Waals surface area (Å²) in [7, 11) is 0. The highest BCUT2D eigenvalue weighted by molar-refractivity contribution is 6.38. The third-order valence-corrected chi connectivity index (χ3v) is 4.03. The van der Waals surface area contributed by atoms with Gasteiger partial charge in [0.25, 0.3) is 0 Å². The first kappa shape index (κ1) is 13.2. The van der Waals surface area contributed by atoms with Crippen LogP contribution in [-0.4, -0.2) is 0 Å². The zero-order chi connectivity index (χ0) is 15.3. The Hall–Kier alpha value is -2.52. The molecule has 0 saturated heterocycles. The Labute approximate surface area is 130 Å². The van der Waals surface area contributed by atoms with E-state index >= 15 is 0 Å². The van der Waals surface area contributed by atoms with Gasteiger partial charge in [0.15, 0.2) is 11.3 Å². The Balaban J connectivity index is 2.17. The molecule has 0 N–H and O–H groups in total. The van der Waals surface area contributed by atoms with Crippen molar-refractivity contribution in [2.24, 2.45) is 0 Å². The summed E-state index contributed by atoms with van der Waals surface area (Å²) in [6.45, 7) is 1.97. The Bertz CT molecular complexity index is 1060. The maximum absolute atomic E-state index is 12.2. The van der Waals surface area contributed by atoms with Gasteiger partial charge in [-0.05, 0) is 19.1 Å². The highest BCUT2D eigenvalue weighted by Crippen LogP contribution is 2.38. The van der Waals surface area contributed by atoms with Gasteiger partial charge >= 0.3 is 5.63 Å². The molecule has 4 heteroatoms. The largest absolute Gasteiger partial charge is 0.453 e. The van der Waals surface area contributed by atoms with Gasteiger partial charge in [-0.25, -0.2) is 4.79 Å². The van der Waals surface area contributed by atoms with Gasteiger partial charge in [0.05, 0.1) is 5.39 Å². The van der Waals surface area contributed by atoms with Crippen LogP contribution in [0.15, 0.2) is 62.2 Å². The van der Waals surface area contributed by atoms with Gasteiger partial charge in [0.2, 0.25) is 0 Å². The van der Waals surface area contributed by atoms with E-state index in [4.69, 9.17) is 20.4 Å². The normalized spacial score (nSPS) is 11.4. The Morgan fingerprint density at radius 2 is 1.77 bits per heavy atom. The second-order valence-electron chi connectivity index (χ2n) is 5.20. The van der Waals surface area contributed by atoms with Gasteiger partial charge in [-0.15, -0.1) is 0 Å². The third kappa shape index (κ3) is 1.86. The van der Waals surface area contributed by atoms with Crippen LogP contribution < -0.4 is 5.63 Å². The quantitative estimate of drug-likeness (QED) is 0.456. The summed E-state index contributed by atoms with van der Waals surface area (Å²) < 4.78 is 11.3. The van der Waals surface area contributed by atoms with Gasteiger partial charge in [0.1, 0.15) is 16.0 Å². The molecule has 0 unspecified atom stereocenters. The smallest absolute Gasteiger partial charge is 0.349 e. The van der Waals surface area contributed by atoms with Gasteiger partial charge < -0.3 is 8.83 Å². The molecule has 0 aliphatic carbocycles. The van der Waals surface area contributed by atoms with Crippen molar-refractivity contribution in [1.82, 2.24) is 0 Å². The van der Waals surface area contributed by atoms with E-state index in [-0.39, 0.29) is 0 Å². The topological polar surface area (TPSA) is 43.4 Å². The van der Waals surface area contributed by atoms with E-state index < -0.39 is 5.63 Å². The lowest BCUT2D eigenvalue weighted by Gasteiger charge is -1.98. The number of rotatable bonds is 1. The maximum atomic E-state index is 12.2. The minimum absolute atomic E-state index is 0.290. The van der Waals surface area contributed by atoms with E-state index in [1.807, 2.05) is 49.4 Å². The van der Waals surface area contributed by atoms with Crippen molar-refractivity contribution in [2.45, 2.75) is 6.92 Å². The number of benzene rings is 2. The molecule has 0 bridgehead atoms. The molecule has 0 spiro atoms. The molecule has 2 heterocycles. The fourth-order valence-corrected chi connectivity index (χ4v) is 2.93. The summed E-state index contributed by atoms with van der Waals surface area (Å²) in [6.07, 6.45) is 0. The highest BCUT2D eigenvalue weighted by Gasteiger charge is 2.20. The summed E-state index contributed by atoms with van der Waals surface area (Å²) in [4.78, 5) is 12.2. The second kappa shape index (κ2) is 4.75. The predicted octanol–water partition coefficient (Wildman–Crippen LogP) is 5.17. The van der Waals surface area contributed by atoms with E-state index in [9.17, 15) is 4.79 Å². The van der Waals surface area contributed by atoms with E-state index in [2.05, 4.69) is 0 Å². The minimum Gasteiger partial charge on any atom is -0.453 e. The molecular formula is C18H11ClO3. The van der Waals surface area contributed by atoms with Gasteiger partial charge in [-0.3, -0.25) is 0 Å². The average Bonchev–Trinajstić information content (AvgIpc) is 2.88. The van der Waals surface area contributed by atoms with Crippen molar-refractivity contribution >= 4 is 33.5 Å². The first-order valence-corrected chi connectivity index (χ1v) is 7.24. The van der Waals surface area contributed by atoms with Crippen molar-refractivity contribution in [3.8, 4) is 11.3 Å². The lowest BCUT2D eigenvalue weighted by atomic mass is 10.1. The van der Waals surface area contributed by atoms with E-state index in [1.165, 1.54) is 0 Å². The van der Waals surface area contributed by atoms with Crippen LogP contribution in [0.1, 0.15) is 5.56 Å². The van der Waals surface area contributed by atoms with Gasteiger partial charge in [-0.2, -0.15) is 0 Å². The lowest BCUT2D eigenvalue weighted by molar-refractivity contribution is 0.565. The molecule has 0 aliphatic heterocycles. The number of furan rings is 1. The number of halogens is 1. The molecule has 4 rings (SSSR count). The Kier molecular flexibility index (Phi) is 2.84. The minimum atomic E-state index is -0.484. The molecular weight excluding hydrogens is 300 g/mol. The summed E-state index contributed by atoms with van der Waals surface area (Å²) in [5.74, 6) is 0.485. The van der Waals surface area contributed by atoms with Crippen LogP contribution in [0.4, 0.5) is 0 Å². The van der Waals surface area contributed by atoms with Crippen molar-refractivity contribution in [1.29, 1.82) is 0 Å². The van der Waals surface area contributed by atoms with Gasteiger partial charge in [-0.1, -0.05) is 53.6 Å². The third-order valence-electron chi connectivity index (χ3n) is 3.67. The molecule has 0 saturated carbocycles. The van der Waals surface area contributed by atoms with Crippen molar-refractivity contribution in [2.75, 3.05) is 0 Å². The van der Waals surface area contributed by atoms with Crippen LogP contribution in [0.5, 0.6) is 0 Å². The molecule has 0 fully saturated rings. The van der Waals surface area contributed by atoms with Crippen LogP contribution in [-0.2, 0) is 0 Å². The molecule has 0 amide bonds. The molecule has 2 aromatic heterocycles. The molecule has 2 aromatic carbocycles. The molecule has 4 aromatic rings. The second-order valence-corrected chi connectivity index (χ2v) is 5.58. The summed E-state index contributed by atoms with van der Waals surface area (Å²) in [5, 5.41) is 1.33. The van der Waals surface area contributed by atoms with Crippen molar-refractivity contribution in [3.05, 3.63) is 69.5 Å². The van der Waals surface area contributed by atoms with E-state index in [0.717, 1.165) is 16.5 Å². The molecule has 22 heavy (non-hydrogen) atoms. The standard InChI is InChI=1S/C18H11ClO3/c1-10-7-8-13-12(9-10)17-14(18(20)21-13)15(19)16(22-17)11-5-3-2-4-6-11/h2-9H,1H3. The summed E-state index contributed by atoms with van der Waals surface area (Å²) in [5.41, 5.74) is 2.36. The monoisotopic (exact) mass is 310 g/mol. The lowest BCUT2D eigenvalue weighted by Crippen LogP contribution is -1.98. The zero-order valence-electron chi connectivity index (χ0n) is 11.7.